The molecule has 0 radical (unpaired) electrons. The van der Waals surface area contributed by atoms with Gasteiger partial charge in [0.05, 0.1) is 17.0 Å². The van der Waals surface area contributed by atoms with Crippen LogP contribution in [0.5, 0.6) is 0 Å². The summed E-state index contributed by atoms with van der Waals surface area (Å²) in [6.07, 6.45) is 7.78. The van der Waals surface area contributed by atoms with Gasteiger partial charge >= 0.3 is 5.97 Å². The number of imide groups is 1. The van der Waals surface area contributed by atoms with Gasteiger partial charge < -0.3 is 4.84 Å². The Hall–Kier alpha value is -2.17. The normalized spacial score (nSPS) is 22.9. The van der Waals surface area contributed by atoms with Gasteiger partial charge in [-0.2, -0.15) is 0 Å². The zero-order chi connectivity index (χ0) is 16.0. The highest BCUT2D eigenvalue weighted by Gasteiger charge is 2.49. The number of hydroxylamine groups is 2. The van der Waals surface area contributed by atoms with Crippen molar-refractivity contribution in [2.75, 3.05) is 0 Å². The molecule has 5 heteroatoms. The monoisotopic (exact) mass is 313 g/mol. The molecule has 23 heavy (non-hydrogen) atoms. The molecule has 0 saturated heterocycles. The molecule has 2 aliphatic carbocycles. The van der Waals surface area contributed by atoms with Gasteiger partial charge in [0.2, 0.25) is 0 Å². The van der Waals surface area contributed by atoms with Crippen LogP contribution in [0.4, 0.5) is 0 Å². The molecule has 1 heterocycles. The van der Waals surface area contributed by atoms with E-state index in [4.69, 9.17) is 4.84 Å². The SMILES string of the molecule is O=C(ON1C(=O)c2ccccc2C1=O)C1CC2(CCCCC2)C1. The first-order valence-corrected chi connectivity index (χ1v) is 8.29. The van der Waals surface area contributed by atoms with Gasteiger partial charge in [0, 0.05) is 0 Å². The summed E-state index contributed by atoms with van der Waals surface area (Å²) < 4.78 is 0. The van der Waals surface area contributed by atoms with Crippen molar-refractivity contribution in [1.82, 2.24) is 5.06 Å². The Bertz CT molecular complexity index is 647. The second kappa shape index (κ2) is 5.18. The van der Waals surface area contributed by atoms with E-state index in [0.717, 1.165) is 12.8 Å². The zero-order valence-electron chi connectivity index (χ0n) is 12.9. The van der Waals surface area contributed by atoms with Crippen LogP contribution >= 0.6 is 0 Å². The maximum atomic E-state index is 12.3. The average Bonchev–Trinajstić information content (AvgIpc) is 2.79. The molecule has 0 bridgehead atoms. The number of nitrogens with zero attached hydrogens (tertiary/aromatic N) is 1. The highest BCUT2D eigenvalue weighted by Crippen LogP contribution is 2.55. The average molecular weight is 313 g/mol. The van der Waals surface area contributed by atoms with E-state index in [0.29, 0.717) is 21.6 Å². The molecule has 0 unspecified atom stereocenters. The number of carbonyl (C=O) groups is 3. The molecule has 3 aliphatic rings. The van der Waals surface area contributed by atoms with Crippen LogP contribution < -0.4 is 0 Å². The quantitative estimate of drug-likeness (QED) is 0.787. The molecule has 1 spiro atoms. The van der Waals surface area contributed by atoms with E-state index in [2.05, 4.69) is 0 Å². The van der Waals surface area contributed by atoms with E-state index < -0.39 is 17.8 Å². The second-order valence-electron chi connectivity index (χ2n) is 7.03. The Morgan fingerprint density at radius 1 is 1.00 bits per heavy atom. The zero-order valence-corrected chi connectivity index (χ0v) is 12.9. The molecule has 2 fully saturated rings. The first-order chi connectivity index (χ1) is 11.1. The van der Waals surface area contributed by atoms with E-state index >= 15 is 0 Å². The molecule has 4 rings (SSSR count). The fraction of sp³-hybridized carbons (Fsp3) is 0.500. The summed E-state index contributed by atoms with van der Waals surface area (Å²) in [7, 11) is 0. The number of amides is 2. The third-order valence-corrected chi connectivity index (χ3v) is 5.54. The Balaban J connectivity index is 1.41. The summed E-state index contributed by atoms with van der Waals surface area (Å²) >= 11 is 0. The highest BCUT2D eigenvalue weighted by atomic mass is 16.7. The fourth-order valence-corrected chi connectivity index (χ4v) is 4.28. The minimum Gasteiger partial charge on any atom is -0.329 e. The van der Waals surface area contributed by atoms with E-state index in [1.165, 1.54) is 32.1 Å². The second-order valence-corrected chi connectivity index (χ2v) is 7.03. The third kappa shape index (κ3) is 2.26. The molecule has 0 N–H and O–H groups in total. The van der Waals surface area contributed by atoms with Gasteiger partial charge in [-0.05, 0) is 43.2 Å². The van der Waals surface area contributed by atoms with E-state index in [-0.39, 0.29) is 5.92 Å². The summed E-state index contributed by atoms with van der Waals surface area (Å²) in [6, 6.07) is 6.52. The van der Waals surface area contributed by atoms with Crippen LogP contribution in [0.15, 0.2) is 24.3 Å². The van der Waals surface area contributed by atoms with Gasteiger partial charge in [-0.3, -0.25) is 9.59 Å². The van der Waals surface area contributed by atoms with Crippen molar-refractivity contribution in [2.45, 2.75) is 44.9 Å². The van der Waals surface area contributed by atoms with Crippen LogP contribution in [0.25, 0.3) is 0 Å². The summed E-state index contributed by atoms with van der Waals surface area (Å²) in [5.41, 5.74) is 0.898. The van der Waals surface area contributed by atoms with Crippen molar-refractivity contribution in [2.24, 2.45) is 11.3 Å². The first kappa shape index (κ1) is 14.4. The lowest BCUT2D eigenvalue weighted by Gasteiger charge is -2.49. The van der Waals surface area contributed by atoms with Crippen LogP contribution in [0, 0.1) is 11.3 Å². The van der Waals surface area contributed by atoms with Gasteiger partial charge in [0.1, 0.15) is 0 Å². The molecule has 1 aromatic carbocycles. The Morgan fingerprint density at radius 2 is 1.57 bits per heavy atom. The minimum absolute atomic E-state index is 0.183. The Labute approximate surface area is 134 Å². The lowest BCUT2D eigenvalue weighted by molar-refractivity contribution is -0.183. The smallest absolute Gasteiger partial charge is 0.329 e. The van der Waals surface area contributed by atoms with Crippen molar-refractivity contribution in [3.8, 4) is 0 Å². The maximum absolute atomic E-state index is 12.3. The van der Waals surface area contributed by atoms with E-state index in [1.807, 2.05) is 0 Å². The lowest BCUT2D eigenvalue weighted by atomic mass is 9.56. The van der Waals surface area contributed by atoms with E-state index in [9.17, 15) is 14.4 Å². The summed E-state index contributed by atoms with van der Waals surface area (Å²) in [6.45, 7) is 0. The number of carbonyl (C=O) groups excluding carboxylic acids is 3. The van der Waals surface area contributed by atoms with Gasteiger partial charge in [0.15, 0.2) is 0 Å². The predicted octanol–water partition coefficient (Wildman–Crippen LogP) is 3.10. The standard InChI is InChI=1S/C18H19NO4/c20-15-13-6-2-3-7-14(13)16(21)19(15)23-17(22)12-10-18(11-12)8-4-1-5-9-18/h2-3,6-7,12H,1,4-5,8-11H2. The topological polar surface area (TPSA) is 63.7 Å². The molecule has 0 aromatic heterocycles. The molecule has 5 nitrogen and oxygen atoms in total. The molecular formula is C18H19NO4. The first-order valence-electron chi connectivity index (χ1n) is 8.29. The minimum atomic E-state index is -0.550. The van der Waals surface area contributed by atoms with Gasteiger partial charge in [-0.25, -0.2) is 4.79 Å². The van der Waals surface area contributed by atoms with Gasteiger partial charge in [-0.15, -0.1) is 0 Å². The van der Waals surface area contributed by atoms with Crippen molar-refractivity contribution < 1.29 is 19.2 Å². The van der Waals surface area contributed by atoms with Crippen molar-refractivity contribution in [3.63, 3.8) is 0 Å². The van der Waals surface area contributed by atoms with Crippen molar-refractivity contribution in [3.05, 3.63) is 35.4 Å². The summed E-state index contributed by atoms with van der Waals surface area (Å²) in [5.74, 6) is -1.73. The number of benzene rings is 1. The van der Waals surface area contributed by atoms with Crippen molar-refractivity contribution in [1.29, 1.82) is 0 Å². The summed E-state index contributed by atoms with van der Waals surface area (Å²) in [5, 5.41) is 0.624. The molecule has 120 valence electrons. The van der Waals surface area contributed by atoms with E-state index in [1.54, 1.807) is 24.3 Å². The maximum Gasteiger partial charge on any atom is 0.336 e. The van der Waals surface area contributed by atoms with Gasteiger partial charge in [0.25, 0.3) is 11.8 Å². The Morgan fingerprint density at radius 3 is 2.13 bits per heavy atom. The number of hydrogen-bond donors (Lipinski definition) is 0. The van der Waals surface area contributed by atoms with Crippen molar-refractivity contribution >= 4 is 17.8 Å². The van der Waals surface area contributed by atoms with Crippen LogP contribution in [0.1, 0.15) is 65.7 Å². The molecule has 1 aromatic rings. The summed E-state index contributed by atoms with van der Waals surface area (Å²) in [4.78, 5) is 41.8. The predicted molar refractivity (Wildman–Crippen MR) is 81.3 cm³/mol. The Kier molecular flexibility index (Phi) is 3.25. The molecule has 2 amide bonds. The third-order valence-electron chi connectivity index (χ3n) is 5.54. The number of hydrogen-bond acceptors (Lipinski definition) is 4. The molecule has 1 aliphatic heterocycles. The fourth-order valence-electron chi connectivity index (χ4n) is 4.28. The largest absolute Gasteiger partial charge is 0.336 e. The van der Waals surface area contributed by atoms with Crippen LogP contribution in [0.2, 0.25) is 0 Å². The number of fused-ring (bicyclic) bond motifs is 1. The van der Waals surface area contributed by atoms with Crippen LogP contribution in [-0.4, -0.2) is 22.8 Å². The molecule has 0 atom stereocenters. The lowest BCUT2D eigenvalue weighted by Crippen LogP contribution is -2.45. The highest BCUT2D eigenvalue weighted by molar-refractivity contribution is 6.20. The molecular weight excluding hydrogens is 294 g/mol. The van der Waals surface area contributed by atoms with Crippen LogP contribution in [0.3, 0.4) is 0 Å². The molecule has 2 saturated carbocycles. The van der Waals surface area contributed by atoms with Gasteiger partial charge in [-0.1, -0.05) is 36.5 Å². The number of rotatable bonds is 2. The van der Waals surface area contributed by atoms with Crippen LogP contribution in [-0.2, 0) is 9.63 Å².